The van der Waals surface area contributed by atoms with Crippen LogP contribution in [-0.2, 0) is 14.8 Å². The zero-order chi connectivity index (χ0) is 15.6. The van der Waals surface area contributed by atoms with Crippen LogP contribution in [0.15, 0.2) is 23.1 Å². The van der Waals surface area contributed by atoms with Gasteiger partial charge in [0.15, 0.2) is 0 Å². The third-order valence-electron chi connectivity index (χ3n) is 3.20. The third-order valence-corrected chi connectivity index (χ3v) is 5.10. The Morgan fingerprint density at radius 1 is 1.48 bits per heavy atom. The monoisotopic (exact) mass is 315 g/mol. The second-order valence-corrected chi connectivity index (χ2v) is 6.95. The second-order valence-electron chi connectivity index (χ2n) is 5.04. The van der Waals surface area contributed by atoms with Crippen molar-refractivity contribution in [2.75, 3.05) is 25.0 Å². The molecule has 1 saturated heterocycles. The molecule has 2 N–H and O–H groups in total. The minimum Gasteiger partial charge on any atom is -0.326 e. The fourth-order valence-electron chi connectivity index (χ4n) is 2.25. The van der Waals surface area contributed by atoms with E-state index < -0.39 is 15.8 Å². The maximum absolute atomic E-state index is 14.1. The average Bonchev–Trinajstić information content (AvgIpc) is 2.37. The summed E-state index contributed by atoms with van der Waals surface area (Å²) in [5, 5.41) is 5.55. The largest absolute Gasteiger partial charge is 0.326 e. The van der Waals surface area contributed by atoms with Gasteiger partial charge in [0.25, 0.3) is 0 Å². The lowest BCUT2D eigenvalue weighted by molar-refractivity contribution is -0.114. The molecule has 1 amide bonds. The average molecular weight is 315 g/mol. The van der Waals surface area contributed by atoms with Crippen LogP contribution in [0.3, 0.4) is 0 Å². The van der Waals surface area contributed by atoms with Gasteiger partial charge in [0, 0.05) is 38.3 Å². The summed E-state index contributed by atoms with van der Waals surface area (Å²) in [6.07, 6.45) is 0. The van der Waals surface area contributed by atoms with Gasteiger partial charge in [-0.05, 0) is 25.1 Å². The number of rotatable bonds is 3. The van der Waals surface area contributed by atoms with E-state index in [1.807, 2.05) is 6.92 Å². The summed E-state index contributed by atoms with van der Waals surface area (Å²) in [4.78, 5) is 10.6. The highest BCUT2D eigenvalue weighted by Crippen LogP contribution is 2.23. The molecule has 1 aromatic rings. The molecule has 116 valence electrons. The number of hydrogen-bond acceptors (Lipinski definition) is 4. The molecule has 0 aliphatic carbocycles. The first-order chi connectivity index (χ1) is 9.80. The van der Waals surface area contributed by atoms with Gasteiger partial charge in [0.1, 0.15) is 10.7 Å². The highest BCUT2D eigenvalue weighted by atomic mass is 32.2. The summed E-state index contributed by atoms with van der Waals surface area (Å²) in [7, 11) is -3.87. The number of hydrogen-bond donors (Lipinski definition) is 2. The van der Waals surface area contributed by atoms with Crippen molar-refractivity contribution in [3.8, 4) is 0 Å². The van der Waals surface area contributed by atoms with E-state index in [0.717, 1.165) is 6.07 Å². The molecule has 0 radical (unpaired) electrons. The lowest BCUT2D eigenvalue weighted by Crippen LogP contribution is -2.51. The molecular formula is C13H18FN3O3S. The van der Waals surface area contributed by atoms with Crippen molar-refractivity contribution >= 4 is 21.6 Å². The van der Waals surface area contributed by atoms with Crippen LogP contribution in [0.1, 0.15) is 13.8 Å². The van der Waals surface area contributed by atoms with Crippen molar-refractivity contribution in [2.24, 2.45) is 0 Å². The number of piperazine rings is 1. The standard InChI is InChI=1S/C13H18FN3O3S/c1-9-8-17(6-5-15-9)21(19,20)13-4-3-11(7-12(13)14)16-10(2)18/h3-4,7,9,15H,5-6,8H2,1-2H3,(H,16,18)/t9-/m1/s1. The highest BCUT2D eigenvalue weighted by molar-refractivity contribution is 7.89. The predicted molar refractivity (Wildman–Crippen MR) is 76.9 cm³/mol. The molecule has 1 aliphatic heterocycles. The molecule has 21 heavy (non-hydrogen) atoms. The van der Waals surface area contributed by atoms with E-state index in [2.05, 4.69) is 10.6 Å². The fraction of sp³-hybridized carbons (Fsp3) is 0.462. The first-order valence-corrected chi connectivity index (χ1v) is 8.05. The molecule has 1 aliphatic rings. The number of sulfonamides is 1. The molecule has 2 rings (SSSR count). The molecule has 1 fully saturated rings. The predicted octanol–water partition coefficient (Wildman–Crippen LogP) is 0.766. The number of carbonyl (C=O) groups is 1. The number of carbonyl (C=O) groups excluding carboxylic acids is 1. The summed E-state index contributed by atoms with van der Waals surface area (Å²) >= 11 is 0. The van der Waals surface area contributed by atoms with E-state index in [1.54, 1.807) is 0 Å². The molecule has 1 atom stereocenters. The summed E-state index contributed by atoms with van der Waals surface area (Å²) < 4.78 is 40.3. The number of nitrogens with zero attached hydrogens (tertiary/aromatic N) is 1. The maximum atomic E-state index is 14.1. The number of nitrogens with one attached hydrogen (secondary N) is 2. The van der Waals surface area contributed by atoms with Gasteiger partial charge in [-0.3, -0.25) is 4.79 Å². The number of benzene rings is 1. The van der Waals surface area contributed by atoms with Crippen LogP contribution in [-0.4, -0.2) is 44.3 Å². The van der Waals surface area contributed by atoms with Gasteiger partial charge in [-0.2, -0.15) is 4.31 Å². The molecule has 0 unspecified atom stereocenters. The molecule has 8 heteroatoms. The van der Waals surface area contributed by atoms with E-state index in [0.29, 0.717) is 19.6 Å². The van der Waals surface area contributed by atoms with Crippen molar-refractivity contribution in [2.45, 2.75) is 24.8 Å². The van der Waals surface area contributed by atoms with Crippen molar-refractivity contribution < 1.29 is 17.6 Å². The Morgan fingerprint density at radius 2 is 2.19 bits per heavy atom. The quantitative estimate of drug-likeness (QED) is 0.863. The van der Waals surface area contributed by atoms with Gasteiger partial charge in [-0.15, -0.1) is 0 Å². The lowest BCUT2D eigenvalue weighted by Gasteiger charge is -2.31. The fourth-order valence-corrected chi connectivity index (χ4v) is 3.82. The van der Waals surface area contributed by atoms with Gasteiger partial charge >= 0.3 is 0 Å². The van der Waals surface area contributed by atoms with E-state index >= 15 is 0 Å². The molecule has 0 saturated carbocycles. The SMILES string of the molecule is CC(=O)Nc1ccc(S(=O)(=O)N2CCN[C@H](C)C2)c(F)c1. The number of amides is 1. The van der Waals surface area contributed by atoms with Crippen molar-refractivity contribution in [1.29, 1.82) is 0 Å². The third kappa shape index (κ3) is 3.58. The molecule has 1 aromatic carbocycles. The number of anilines is 1. The van der Waals surface area contributed by atoms with Gasteiger partial charge in [0.2, 0.25) is 15.9 Å². The zero-order valence-corrected chi connectivity index (χ0v) is 12.7. The molecule has 0 spiro atoms. The van der Waals surface area contributed by atoms with Gasteiger partial charge in [-0.1, -0.05) is 0 Å². The van der Waals surface area contributed by atoms with E-state index in [9.17, 15) is 17.6 Å². The first kappa shape index (κ1) is 15.9. The maximum Gasteiger partial charge on any atom is 0.246 e. The minimum atomic E-state index is -3.87. The van der Waals surface area contributed by atoms with Crippen molar-refractivity contribution in [3.05, 3.63) is 24.0 Å². The Morgan fingerprint density at radius 3 is 2.76 bits per heavy atom. The molecular weight excluding hydrogens is 297 g/mol. The molecule has 6 nitrogen and oxygen atoms in total. The molecule has 0 aromatic heterocycles. The highest BCUT2D eigenvalue weighted by Gasteiger charge is 2.30. The number of halogens is 1. The van der Waals surface area contributed by atoms with E-state index in [1.165, 1.54) is 23.4 Å². The smallest absolute Gasteiger partial charge is 0.246 e. The van der Waals surface area contributed by atoms with Crippen molar-refractivity contribution in [3.63, 3.8) is 0 Å². The summed E-state index contributed by atoms with van der Waals surface area (Å²) in [6, 6.07) is 3.60. The van der Waals surface area contributed by atoms with Gasteiger partial charge in [0.05, 0.1) is 0 Å². The summed E-state index contributed by atoms with van der Waals surface area (Å²) in [5.41, 5.74) is 0.229. The van der Waals surface area contributed by atoms with Crippen LogP contribution >= 0.6 is 0 Å². The Labute approximate surface area is 123 Å². The topological polar surface area (TPSA) is 78.5 Å². The van der Waals surface area contributed by atoms with Gasteiger partial charge in [-0.25, -0.2) is 12.8 Å². The molecule has 1 heterocycles. The van der Waals surface area contributed by atoms with Crippen LogP contribution in [0.5, 0.6) is 0 Å². The summed E-state index contributed by atoms with van der Waals surface area (Å²) in [6.45, 7) is 4.31. The Bertz CT molecular complexity index is 648. The minimum absolute atomic E-state index is 0.0234. The Balaban J connectivity index is 2.29. The van der Waals surface area contributed by atoms with Gasteiger partial charge < -0.3 is 10.6 Å². The Hall–Kier alpha value is -1.51. The zero-order valence-electron chi connectivity index (χ0n) is 11.9. The van der Waals surface area contributed by atoms with Crippen LogP contribution in [0.25, 0.3) is 0 Å². The van der Waals surface area contributed by atoms with Crippen LogP contribution in [0.2, 0.25) is 0 Å². The normalized spacial score (nSPS) is 20.2. The van der Waals surface area contributed by atoms with Crippen molar-refractivity contribution in [1.82, 2.24) is 9.62 Å². The van der Waals surface area contributed by atoms with Crippen LogP contribution in [0.4, 0.5) is 10.1 Å². The first-order valence-electron chi connectivity index (χ1n) is 6.61. The Kier molecular flexibility index (Phi) is 4.60. The van der Waals surface area contributed by atoms with Crippen LogP contribution in [0, 0.1) is 5.82 Å². The molecule has 0 bridgehead atoms. The van der Waals surface area contributed by atoms with Crippen LogP contribution < -0.4 is 10.6 Å². The van der Waals surface area contributed by atoms with E-state index in [-0.39, 0.29) is 22.5 Å². The second kappa shape index (κ2) is 6.08. The lowest BCUT2D eigenvalue weighted by atomic mass is 10.3. The summed E-state index contributed by atoms with van der Waals surface area (Å²) in [5.74, 6) is -1.21. The van der Waals surface area contributed by atoms with E-state index in [4.69, 9.17) is 0 Å².